The van der Waals surface area contributed by atoms with Crippen molar-refractivity contribution in [2.45, 2.75) is 19.3 Å². The molecule has 14 heavy (non-hydrogen) atoms. The molecule has 0 saturated heterocycles. The Morgan fingerprint density at radius 3 is 2.86 bits per heavy atom. The lowest BCUT2D eigenvalue weighted by Crippen LogP contribution is -1.94. The molecule has 0 aliphatic rings. The summed E-state index contributed by atoms with van der Waals surface area (Å²) in [4.78, 5) is 0. The summed E-state index contributed by atoms with van der Waals surface area (Å²) < 4.78 is 18.3. The van der Waals surface area contributed by atoms with E-state index in [1.165, 1.54) is 0 Å². The third-order valence-corrected chi connectivity index (χ3v) is 2.37. The summed E-state index contributed by atoms with van der Waals surface area (Å²) in [6, 6.07) is 5.11. The van der Waals surface area contributed by atoms with E-state index in [1.54, 1.807) is 25.3 Å². The molecule has 0 aromatic heterocycles. The number of hydrogen-bond donors (Lipinski definition) is 0. The number of methoxy groups -OCH3 is 1. The first-order chi connectivity index (χ1) is 6.75. The fourth-order valence-electron chi connectivity index (χ4n) is 1.30. The van der Waals surface area contributed by atoms with E-state index in [-0.39, 0.29) is 10.8 Å². The fourth-order valence-corrected chi connectivity index (χ4v) is 1.50. The van der Waals surface area contributed by atoms with Crippen molar-refractivity contribution in [1.82, 2.24) is 0 Å². The molecule has 0 spiro atoms. The van der Waals surface area contributed by atoms with Crippen LogP contribution in [0.25, 0.3) is 0 Å². The Morgan fingerprint density at radius 1 is 1.36 bits per heavy atom. The van der Waals surface area contributed by atoms with E-state index in [0.29, 0.717) is 5.56 Å². The average molecular weight is 217 g/mol. The van der Waals surface area contributed by atoms with Crippen molar-refractivity contribution in [3.05, 3.63) is 34.6 Å². The first-order valence-electron chi connectivity index (χ1n) is 4.67. The first-order valence-corrected chi connectivity index (χ1v) is 5.05. The largest absolute Gasteiger partial charge is 0.385 e. The number of unbranched alkanes of at least 4 members (excludes halogenated alkanes) is 1. The van der Waals surface area contributed by atoms with E-state index in [4.69, 9.17) is 16.3 Å². The second-order valence-electron chi connectivity index (χ2n) is 3.16. The van der Waals surface area contributed by atoms with Crippen molar-refractivity contribution in [1.29, 1.82) is 0 Å². The average Bonchev–Trinajstić information content (AvgIpc) is 2.19. The Balaban J connectivity index is 2.46. The summed E-state index contributed by atoms with van der Waals surface area (Å²) in [6.45, 7) is 0.724. The van der Waals surface area contributed by atoms with E-state index < -0.39 is 0 Å². The van der Waals surface area contributed by atoms with Gasteiger partial charge < -0.3 is 4.74 Å². The van der Waals surface area contributed by atoms with Crippen molar-refractivity contribution in [2.75, 3.05) is 13.7 Å². The molecular weight excluding hydrogens is 203 g/mol. The molecule has 0 heterocycles. The van der Waals surface area contributed by atoms with E-state index in [9.17, 15) is 4.39 Å². The van der Waals surface area contributed by atoms with Gasteiger partial charge in [-0.25, -0.2) is 4.39 Å². The summed E-state index contributed by atoms with van der Waals surface area (Å²) in [7, 11) is 1.67. The van der Waals surface area contributed by atoms with Crippen LogP contribution in [-0.4, -0.2) is 13.7 Å². The number of hydrogen-bond acceptors (Lipinski definition) is 1. The van der Waals surface area contributed by atoms with Gasteiger partial charge in [-0.05, 0) is 30.9 Å². The van der Waals surface area contributed by atoms with E-state index in [0.717, 1.165) is 25.9 Å². The third kappa shape index (κ3) is 3.28. The highest BCUT2D eigenvalue weighted by molar-refractivity contribution is 6.30. The summed E-state index contributed by atoms with van der Waals surface area (Å²) in [5.41, 5.74) is 0.689. The van der Waals surface area contributed by atoms with Crippen molar-refractivity contribution in [3.8, 4) is 0 Å². The lowest BCUT2D eigenvalue weighted by Gasteiger charge is -2.03. The maximum Gasteiger partial charge on any atom is 0.144 e. The Labute approximate surface area is 88.8 Å². The van der Waals surface area contributed by atoms with Crippen LogP contribution >= 0.6 is 11.6 Å². The van der Waals surface area contributed by atoms with Crippen LogP contribution in [0.5, 0.6) is 0 Å². The van der Waals surface area contributed by atoms with Gasteiger partial charge in [-0.1, -0.05) is 23.7 Å². The second-order valence-corrected chi connectivity index (χ2v) is 3.57. The topological polar surface area (TPSA) is 9.23 Å². The zero-order chi connectivity index (χ0) is 10.4. The van der Waals surface area contributed by atoms with E-state index >= 15 is 0 Å². The molecule has 1 aromatic carbocycles. The smallest absolute Gasteiger partial charge is 0.144 e. The SMILES string of the molecule is COCCCCc1cccc(Cl)c1F. The first kappa shape index (κ1) is 11.5. The molecule has 0 amide bonds. The highest BCUT2D eigenvalue weighted by atomic mass is 35.5. The molecule has 1 nitrogen and oxygen atoms in total. The van der Waals surface area contributed by atoms with Gasteiger partial charge in [0, 0.05) is 13.7 Å². The Bertz CT molecular complexity index is 289. The second kappa shape index (κ2) is 5.99. The van der Waals surface area contributed by atoms with Gasteiger partial charge >= 0.3 is 0 Å². The van der Waals surface area contributed by atoms with Crippen LogP contribution in [0.4, 0.5) is 4.39 Å². The molecule has 3 heteroatoms. The van der Waals surface area contributed by atoms with Crippen LogP contribution in [0, 0.1) is 5.82 Å². The summed E-state index contributed by atoms with van der Waals surface area (Å²) >= 11 is 5.65. The molecule has 1 rings (SSSR count). The predicted octanol–water partition coefficient (Wildman–Crippen LogP) is 3.45. The molecule has 0 saturated carbocycles. The van der Waals surface area contributed by atoms with Gasteiger partial charge in [0.15, 0.2) is 0 Å². The maximum absolute atomic E-state index is 13.3. The van der Waals surface area contributed by atoms with Crippen LogP contribution in [0.2, 0.25) is 5.02 Å². The Hall–Kier alpha value is -0.600. The zero-order valence-electron chi connectivity index (χ0n) is 8.22. The Kier molecular flexibility index (Phi) is 4.91. The quantitative estimate of drug-likeness (QED) is 0.685. The van der Waals surface area contributed by atoms with Crippen LogP contribution in [0.3, 0.4) is 0 Å². The number of aryl methyl sites for hydroxylation is 1. The molecular formula is C11H14ClFO. The lowest BCUT2D eigenvalue weighted by molar-refractivity contribution is 0.193. The monoisotopic (exact) mass is 216 g/mol. The summed E-state index contributed by atoms with van der Waals surface area (Å²) in [5, 5.41) is 0.203. The zero-order valence-corrected chi connectivity index (χ0v) is 8.98. The summed E-state index contributed by atoms with van der Waals surface area (Å²) in [5.74, 6) is -0.286. The standard InChI is InChI=1S/C11H14ClFO/c1-14-8-3-2-5-9-6-4-7-10(12)11(9)13/h4,6-7H,2-3,5,8H2,1H3. The van der Waals surface area contributed by atoms with Crippen molar-refractivity contribution < 1.29 is 9.13 Å². The highest BCUT2D eigenvalue weighted by Crippen LogP contribution is 2.19. The van der Waals surface area contributed by atoms with Gasteiger partial charge in [0.1, 0.15) is 5.82 Å². The fraction of sp³-hybridized carbons (Fsp3) is 0.455. The van der Waals surface area contributed by atoms with Gasteiger partial charge in [-0.2, -0.15) is 0 Å². The Morgan fingerprint density at radius 2 is 2.14 bits per heavy atom. The van der Waals surface area contributed by atoms with Crippen molar-refractivity contribution >= 4 is 11.6 Å². The van der Waals surface area contributed by atoms with Crippen LogP contribution in [-0.2, 0) is 11.2 Å². The number of rotatable bonds is 5. The molecule has 0 bridgehead atoms. The lowest BCUT2D eigenvalue weighted by atomic mass is 10.1. The van der Waals surface area contributed by atoms with Crippen LogP contribution < -0.4 is 0 Å². The van der Waals surface area contributed by atoms with Gasteiger partial charge in [0.25, 0.3) is 0 Å². The van der Waals surface area contributed by atoms with Gasteiger partial charge in [-0.15, -0.1) is 0 Å². The van der Waals surface area contributed by atoms with E-state index in [2.05, 4.69) is 0 Å². The van der Waals surface area contributed by atoms with Gasteiger partial charge in [0.05, 0.1) is 5.02 Å². The molecule has 0 aliphatic carbocycles. The third-order valence-electron chi connectivity index (χ3n) is 2.08. The molecule has 0 atom stereocenters. The molecule has 0 aliphatic heterocycles. The molecule has 1 aromatic rings. The minimum atomic E-state index is -0.286. The molecule has 0 fully saturated rings. The normalized spacial score (nSPS) is 10.5. The maximum atomic E-state index is 13.3. The number of ether oxygens (including phenoxy) is 1. The van der Waals surface area contributed by atoms with Crippen molar-refractivity contribution in [2.24, 2.45) is 0 Å². The van der Waals surface area contributed by atoms with Gasteiger partial charge in [-0.3, -0.25) is 0 Å². The molecule has 78 valence electrons. The van der Waals surface area contributed by atoms with Crippen LogP contribution in [0.1, 0.15) is 18.4 Å². The minimum absolute atomic E-state index is 0.203. The minimum Gasteiger partial charge on any atom is -0.385 e. The van der Waals surface area contributed by atoms with E-state index in [1.807, 2.05) is 0 Å². The number of benzene rings is 1. The van der Waals surface area contributed by atoms with Crippen molar-refractivity contribution in [3.63, 3.8) is 0 Å². The predicted molar refractivity (Wildman–Crippen MR) is 56.2 cm³/mol. The van der Waals surface area contributed by atoms with Gasteiger partial charge in [0.2, 0.25) is 0 Å². The molecule has 0 N–H and O–H groups in total. The molecule has 0 unspecified atom stereocenters. The number of halogens is 2. The van der Waals surface area contributed by atoms with Crippen LogP contribution in [0.15, 0.2) is 18.2 Å². The molecule has 0 radical (unpaired) electrons. The highest BCUT2D eigenvalue weighted by Gasteiger charge is 2.04. The summed E-state index contributed by atoms with van der Waals surface area (Å²) in [6.07, 6.45) is 2.59.